The fraction of sp³-hybridized carbons (Fsp3) is 0.0943. The van der Waals surface area contributed by atoms with Crippen molar-refractivity contribution >= 4 is 32.8 Å². The molecule has 0 aliphatic carbocycles. The van der Waals surface area contributed by atoms with Crippen LogP contribution >= 0.6 is 0 Å². The summed E-state index contributed by atoms with van der Waals surface area (Å²) < 4.78 is 134. The van der Waals surface area contributed by atoms with Gasteiger partial charge in [0.2, 0.25) is 0 Å². The fourth-order valence-corrected chi connectivity index (χ4v) is 7.16. The van der Waals surface area contributed by atoms with E-state index < -0.39 is 66.3 Å². The summed E-state index contributed by atoms with van der Waals surface area (Å²) in [6.07, 6.45) is 2.99. The van der Waals surface area contributed by atoms with Gasteiger partial charge in [0.1, 0.15) is 5.82 Å². The third-order valence-electron chi connectivity index (χ3n) is 10.2. The molecule has 0 saturated heterocycles. The van der Waals surface area contributed by atoms with E-state index in [0.717, 1.165) is 10.8 Å². The van der Waals surface area contributed by atoms with Gasteiger partial charge in [0.25, 0.3) is 6.33 Å². The number of benzene rings is 7. The molecule has 1 unspecified atom stereocenters. The van der Waals surface area contributed by atoms with Crippen molar-refractivity contribution in [3.8, 4) is 50.9 Å². The number of nitrogens with zero attached hydrogens (tertiary/aromatic N) is 4. The summed E-state index contributed by atoms with van der Waals surface area (Å²) in [7, 11) is 0. The van der Waals surface area contributed by atoms with Gasteiger partial charge in [-0.05, 0) is 68.9 Å². The first kappa shape index (κ1) is 25.0. The van der Waals surface area contributed by atoms with Crippen molar-refractivity contribution < 1.29 is 49.6 Å². The SMILES string of the molecule is [2H]c1nc(-n2c3[c-]c(Oc4[c-]c(-n5[c-][n+](-c6c(-c7c([2H])c([2H])c([2H])c([2H])c7[2H])cccc6-c6c([2H])c([2H])c([2H])c([2H])c6[2H])c6ccccc65)ccc4)ccc3c3ccccc32)c([2H])c(C([2H])(C)C(C)C)c1[2H].[Pt]. The Bertz CT molecular complexity index is 3780. The van der Waals surface area contributed by atoms with E-state index in [0.29, 0.717) is 27.8 Å². The predicted molar refractivity (Wildman–Crippen MR) is 234 cm³/mol. The zero-order valence-corrected chi connectivity index (χ0v) is 34.1. The van der Waals surface area contributed by atoms with Gasteiger partial charge in [0, 0.05) is 45.6 Å². The Hall–Kier alpha value is -6.55. The number of hydrogen-bond donors (Lipinski definition) is 0. The second kappa shape index (κ2) is 16.0. The minimum absolute atomic E-state index is 0. The molecule has 7 aromatic carbocycles. The van der Waals surface area contributed by atoms with Crippen molar-refractivity contribution in [2.75, 3.05) is 0 Å². The zero-order valence-electron chi connectivity index (χ0n) is 45.8. The monoisotopic (exact) mass is 957 g/mol. The normalized spacial score (nSPS) is 15.8. The summed E-state index contributed by atoms with van der Waals surface area (Å²) in [5, 5.41) is 1.57. The predicted octanol–water partition coefficient (Wildman–Crippen LogP) is 12.7. The second-order valence-corrected chi connectivity index (χ2v) is 13.9. The van der Waals surface area contributed by atoms with Gasteiger partial charge in [-0.15, -0.1) is 29.7 Å². The number of hydrogen-bond acceptors (Lipinski definition) is 2. The molecular formula is C53H40N4OPt-2. The quantitative estimate of drug-likeness (QED) is 0.107. The summed E-state index contributed by atoms with van der Waals surface area (Å²) in [4.78, 5) is 4.45. The smallest absolute Gasteiger partial charge is 0.268 e. The van der Waals surface area contributed by atoms with E-state index in [2.05, 4.69) is 23.4 Å². The molecule has 10 rings (SSSR count). The van der Waals surface area contributed by atoms with Crippen LogP contribution in [0, 0.1) is 24.4 Å². The van der Waals surface area contributed by atoms with Crippen LogP contribution in [-0.2, 0) is 21.1 Å². The number of imidazole rings is 1. The molecule has 6 heteroatoms. The maximum atomic E-state index is 9.37. The molecule has 0 saturated carbocycles. The molecule has 0 N–H and O–H groups in total. The van der Waals surface area contributed by atoms with Gasteiger partial charge in [-0.1, -0.05) is 147 Å². The minimum Gasteiger partial charge on any atom is -0.510 e. The van der Waals surface area contributed by atoms with Crippen LogP contribution in [0.4, 0.5) is 0 Å². The van der Waals surface area contributed by atoms with Gasteiger partial charge >= 0.3 is 0 Å². The third-order valence-corrected chi connectivity index (χ3v) is 10.2. The summed E-state index contributed by atoms with van der Waals surface area (Å²) in [6, 6.07) is 28.8. The van der Waals surface area contributed by atoms with Crippen molar-refractivity contribution in [1.82, 2.24) is 14.1 Å². The molecule has 0 aliphatic heterocycles. The summed E-state index contributed by atoms with van der Waals surface area (Å²) >= 11 is 0. The standard InChI is InChI=1S/C53H40N4O.Pt/c1-36(2)37(3)40-30-31-54-52(32-40)57-48-25-11-10-22-46(48)47-29-28-43(34-51(47)57)58-42-21-14-20-41(33-42)55-35-56(50-27-13-12-26-49(50)55)53-44(38-16-6-4-7-17-38)23-15-24-45(53)39-18-8-5-9-19-39;/h4-32,36-37H,1-3H3;/q-2;/i4D,5D,6D,7D,8D,9D,16D,17D,18D,19D,30D,31D,32D,37D;. The third kappa shape index (κ3) is 6.96. The van der Waals surface area contributed by atoms with E-state index >= 15 is 0 Å². The molecular weight excluding hydrogens is 904 g/mol. The summed E-state index contributed by atoms with van der Waals surface area (Å²) in [5.41, 5.74) is 2.68. The molecule has 10 aromatic rings. The van der Waals surface area contributed by atoms with E-state index in [9.17, 15) is 2.74 Å². The van der Waals surface area contributed by atoms with Crippen molar-refractivity contribution in [3.05, 3.63) is 200 Å². The zero-order chi connectivity index (χ0) is 51.4. The molecule has 0 amide bonds. The molecule has 0 radical (unpaired) electrons. The molecule has 0 aliphatic rings. The van der Waals surface area contributed by atoms with Crippen molar-refractivity contribution in [2.45, 2.75) is 26.7 Å². The molecule has 59 heavy (non-hydrogen) atoms. The maximum Gasteiger partial charge on any atom is 0.268 e. The number of aromatic nitrogens is 4. The molecule has 0 spiro atoms. The average Bonchev–Trinajstić information content (AvgIpc) is 3.91. The second-order valence-electron chi connectivity index (χ2n) is 13.9. The molecule has 0 bridgehead atoms. The van der Waals surface area contributed by atoms with Gasteiger partial charge in [-0.2, -0.15) is 18.2 Å². The van der Waals surface area contributed by atoms with Crippen molar-refractivity contribution in [2.24, 2.45) is 5.92 Å². The summed E-state index contributed by atoms with van der Waals surface area (Å²) in [5.74, 6) is -1.08. The first-order chi connectivity index (χ1) is 34.2. The minimum atomic E-state index is -1.37. The van der Waals surface area contributed by atoms with Crippen LogP contribution in [0.15, 0.2) is 176 Å². The first-order valence-electron chi connectivity index (χ1n) is 25.6. The van der Waals surface area contributed by atoms with Crippen LogP contribution < -0.4 is 9.30 Å². The largest absolute Gasteiger partial charge is 0.510 e. The number of pyridine rings is 1. The molecule has 0 fully saturated rings. The van der Waals surface area contributed by atoms with Crippen LogP contribution in [0.5, 0.6) is 11.5 Å². The topological polar surface area (TPSA) is 35.9 Å². The van der Waals surface area contributed by atoms with Gasteiger partial charge in [0.15, 0.2) is 0 Å². The molecule has 290 valence electrons. The van der Waals surface area contributed by atoms with Gasteiger partial charge in [-0.3, -0.25) is 4.57 Å². The summed E-state index contributed by atoms with van der Waals surface area (Å²) in [6.45, 7) is 5.32. The van der Waals surface area contributed by atoms with Crippen LogP contribution in [0.2, 0.25) is 0 Å². The van der Waals surface area contributed by atoms with Gasteiger partial charge in [0.05, 0.1) is 34.5 Å². The van der Waals surface area contributed by atoms with Gasteiger partial charge in [-0.25, -0.2) is 4.98 Å². The van der Waals surface area contributed by atoms with Crippen molar-refractivity contribution in [1.29, 1.82) is 0 Å². The van der Waals surface area contributed by atoms with Gasteiger partial charge < -0.3 is 13.9 Å². The van der Waals surface area contributed by atoms with Crippen LogP contribution in [0.3, 0.4) is 0 Å². The maximum absolute atomic E-state index is 9.37. The molecule has 3 heterocycles. The van der Waals surface area contributed by atoms with E-state index in [-0.39, 0.29) is 96.1 Å². The Morgan fingerprint density at radius 1 is 0.678 bits per heavy atom. The van der Waals surface area contributed by atoms with E-state index in [1.165, 1.54) is 6.07 Å². The Labute approximate surface area is 378 Å². The molecule has 3 aromatic heterocycles. The van der Waals surface area contributed by atoms with Crippen LogP contribution in [0.25, 0.3) is 72.3 Å². The Balaban J connectivity index is 0.00000656. The first-order valence-corrected chi connectivity index (χ1v) is 18.6. The Morgan fingerprint density at radius 2 is 1.34 bits per heavy atom. The fourth-order valence-electron chi connectivity index (χ4n) is 7.16. The molecule has 5 nitrogen and oxygen atoms in total. The Kier molecular flexibility index (Phi) is 6.79. The van der Waals surface area contributed by atoms with E-state index in [1.54, 1.807) is 75.2 Å². The van der Waals surface area contributed by atoms with Crippen LogP contribution in [0.1, 0.15) is 51.4 Å². The number of fused-ring (bicyclic) bond motifs is 4. The number of para-hydroxylation sites is 4. The average molecular weight is 958 g/mol. The van der Waals surface area contributed by atoms with E-state index in [1.807, 2.05) is 50.2 Å². The number of rotatable bonds is 9. The van der Waals surface area contributed by atoms with E-state index in [4.69, 9.17) is 21.2 Å². The Morgan fingerprint density at radius 3 is 2.07 bits per heavy atom. The number of ether oxygens (including phenoxy) is 1. The van der Waals surface area contributed by atoms with Crippen LogP contribution in [-0.4, -0.2) is 14.1 Å². The molecule has 1 atom stereocenters. The van der Waals surface area contributed by atoms with Crippen molar-refractivity contribution in [3.63, 3.8) is 0 Å².